The smallest absolute Gasteiger partial charge is 0.0295 e. The van der Waals surface area contributed by atoms with E-state index in [4.69, 9.17) is 0 Å². The highest BCUT2D eigenvalue weighted by Crippen LogP contribution is 2.59. The molecule has 0 amide bonds. The van der Waals surface area contributed by atoms with Crippen molar-refractivity contribution in [1.82, 2.24) is 0 Å². The van der Waals surface area contributed by atoms with Gasteiger partial charge in [-0.25, -0.2) is 0 Å². The van der Waals surface area contributed by atoms with E-state index in [0.29, 0.717) is 0 Å². The molecular formula is C26H35I. The van der Waals surface area contributed by atoms with Gasteiger partial charge in [0.2, 0.25) is 0 Å². The topological polar surface area (TPSA) is 0 Å². The van der Waals surface area contributed by atoms with Gasteiger partial charge in [-0.1, -0.05) is 85.5 Å². The van der Waals surface area contributed by atoms with Crippen molar-refractivity contribution in [3.8, 4) is 0 Å². The van der Waals surface area contributed by atoms with E-state index in [9.17, 15) is 0 Å². The molecule has 0 aromatic carbocycles. The largest absolute Gasteiger partial charge is 0.0988 e. The molecule has 6 unspecified atom stereocenters. The Kier molecular flexibility index (Phi) is 5.62. The first kappa shape index (κ1) is 19.7. The number of halogens is 1. The van der Waals surface area contributed by atoms with Crippen LogP contribution < -0.4 is 0 Å². The standard InChI is InChI=1S/C26H35I/c1-5-7-22-23-13-11-20(16-25(23)26(3,4)24(22)6-2)17-8-9-19-15-21(27)12-10-18(19)14-17/h5-10,12,17-21,23,25H,2,11,13-16H2,1,3-4H3/b7-5-/t17?,18?,19?,20-,21?,23?,25?/m1/s1. The van der Waals surface area contributed by atoms with Gasteiger partial charge < -0.3 is 0 Å². The van der Waals surface area contributed by atoms with E-state index in [0.717, 1.165) is 39.4 Å². The van der Waals surface area contributed by atoms with Crippen LogP contribution in [-0.4, -0.2) is 3.92 Å². The Bertz CT molecular complexity index is 704. The first-order valence-corrected chi connectivity index (χ1v) is 12.2. The Morgan fingerprint density at radius 2 is 1.70 bits per heavy atom. The summed E-state index contributed by atoms with van der Waals surface area (Å²) in [5.74, 6) is 4.77. The number of hydrogen-bond donors (Lipinski definition) is 0. The van der Waals surface area contributed by atoms with E-state index < -0.39 is 0 Å². The third kappa shape index (κ3) is 3.47. The van der Waals surface area contributed by atoms with E-state index in [2.05, 4.69) is 92.5 Å². The number of rotatable bonds is 3. The average molecular weight is 474 g/mol. The lowest BCUT2D eigenvalue weighted by Crippen LogP contribution is -2.35. The fraction of sp³-hybridized carbons (Fsp3) is 0.615. The van der Waals surface area contributed by atoms with Crippen molar-refractivity contribution < 1.29 is 0 Å². The zero-order valence-corrected chi connectivity index (χ0v) is 19.4. The molecule has 0 aliphatic heterocycles. The summed E-state index contributed by atoms with van der Waals surface area (Å²) in [6, 6.07) is 0. The highest BCUT2D eigenvalue weighted by Gasteiger charge is 2.49. The fourth-order valence-corrected chi connectivity index (χ4v) is 7.56. The molecule has 0 aromatic heterocycles. The minimum absolute atomic E-state index is 0.264. The lowest BCUT2D eigenvalue weighted by molar-refractivity contribution is 0.104. The van der Waals surface area contributed by atoms with Crippen LogP contribution in [0.15, 0.2) is 60.3 Å². The molecule has 0 heterocycles. The van der Waals surface area contributed by atoms with Gasteiger partial charge in [0, 0.05) is 3.92 Å². The van der Waals surface area contributed by atoms with Gasteiger partial charge >= 0.3 is 0 Å². The lowest BCUT2D eigenvalue weighted by atomic mass is 9.61. The summed E-state index contributed by atoms with van der Waals surface area (Å²) < 4.78 is 0.730. The monoisotopic (exact) mass is 474 g/mol. The molecule has 0 N–H and O–H groups in total. The van der Waals surface area contributed by atoms with Crippen LogP contribution in [0.2, 0.25) is 0 Å². The van der Waals surface area contributed by atoms with Gasteiger partial charge in [0.1, 0.15) is 0 Å². The quantitative estimate of drug-likeness (QED) is 0.224. The third-order valence-corrected chi connectivity index (χ3v) is 9.07. The molecule has 0 bridgehead atoms. The van der Waals surface area contributed by atoms with Crippen LogP contribution in [0.1, 0.15) is 52.9 Å². The zero-order valence-electron chi connectivity index (χ0n) is 17.2. The van der Waals surface area contributed by atoms with Crippen molar-refractivity contribution >= 4 is 22.6 Å². The van der Waals surface area contributed by atoms with E-state index in [-0.39, 0.29) is 5.41 Å². The van der Waals surface area contributed by atoms with Crippen molar-refractivity contribution in [3.63, 3.8) is 0 Å². The molecule has 7 atom stereocenters. The van der Waals surface area contributed by atoms with E-state index in [1.807, 2.05) is 0 Å². The van der Waals surface area contributed by atoms with Gasteiger partial charge in [-0.2, -0.15) is 0 Å². The van der Waals surface area contributed by atoms with Crippen LogP contribution in [0.3, 0.4) is 0 Å². The molecule has 4 aliphatic carbocycles. The number of fused-ring (bicyclic) bond motifs is 2. The molecule has 27 heavy (non-hydrogen) atoms. The Morgan fingerprint density at radius 3 is 2.44 bits per heavy atom. The first-order valence-electron chi connectivity index (χ1n) is 11.0. The van der Waals surface area contributed by atoms with Gasteiger partial charge in [0.05, 0.1) is 0 Å². The fourth-order valence-electron chi connectivity index (χ4n) is 6.73. The summed E-state index contributed by atoms with van der Waals surface area (Å²) in [6.07, 6.45) is 23.8. The van der Waals surface area contributed by atoms with Crippen LogP contribution in [0.25, 0.3) is 0 Å². The van der Waals surface area contributed by atoms with E-state index >= 15 is 0 Å². The second-order valence-electron chi connectivity index (χ2n) is 9.83. The highest BCUT2D eigenvalue weighted by atomic mass is 127. The SMILES string of the molecule is C=CC1=C(/C=C\C)C2CC[C@@H](C3C=CC4CC(I)C=CC4C3)CC2C1(C)C. The molecular weight excluding hydrogens is 439 g/mol. The maximum Gasteiger partial charge on any atom is 0.0295 e. The highest BCUT2D eigenvalue weighted by molar-refractivity contribution is 14.1. The first-order chi connectivity index (χ1) is 13.0. The molecule has 1 saturated carbocycles. The minimum Gasteiger partial charge on any atom is -0.0988 e. The second-order valence-corrected chi connectivity index (χ2v) is 11.4. The van der Waals surface area contributed by atoms with Crippen molar-refractivity contribution in [2.75, 3.05) is 0 Å². The number of allylic oxidation sites excluding steroid dienone is 9. The van der Waals surface area contributed by atoms with Crippen LogP contribution in [0.4, 0.5) is 0 Å². The summed E-state index contributed by atoms with van der Waals surface area (Å²) >= 11 is 2.59. The number of hydrogen-bond acceptors (Lipinski definition) is 0. The molecule has 4 rings (SSSR count). The van der Waals surface area contributed by atoms with Crippen LogP contribution >= 0.6 is 22.6 Å². The molecule has 0 nitrogen and oxygen atoms in total. The van der Waals surface area contributed by atoms with Gasteiger partial charge in [-0.3, -0.25) is 0 Å². The predicted molar refractivity (Wildman–Crippen MR) is 126 cm³/mol. The Morgan fingerprint density at radius 1 is 1.00 bits per heavy atom. The maximum atomic E-state index is 4.18. The van der Waals surface area contributed by atoms with Crippen LogP contribution in [0, 0.1) is 40.9 Å². The van der Waals surface area contributed by atoms with Gasteiger partial charge in [0.15, 0.2) is 0 Å². The zero-order chi connectivity index (χ0) is 19.2. The van der Waals surface area contributed by atoms with E-state index in [1.54, 1.807) is 5.57 Å². The van der Waals surface area contributed by atoms with Crippen LogP contribution in [0.5, 0.6) is 0 Å². The molecule has 4 aliphatic rings. The van der Waals surface area contributed by atoms with Gasteiger partial charge in [-0.15, -0.1) is 0 Å². The maximum absolute atomic E-state index is 4.18. The molecule has 1 heteroatoms. The lowest BCUT2D eigenvalue weighted by Gasteiger charge is -2.44. The normalized spacial score (nSPS) is 43.0. The molecule has 0 saturated heterocycles. The second kappa shape index (κ2) is 7.69. The van der Waals surface area contributed by atoms with E-state index in [1.165, 1.54) is 37.7 Å². The number of alkyl halides is 1. The van der Waals surface area contributed by atoms with Crippen molar-refractivity contribution in [2.24, 2.45) is 40.9 Å². The van der Waals surface area contributed by atoms with Crippen molar-refractivity contribution in [2.45, 2.75) is 56.8 Å². The van der Waals surface area contributed by atoms with Crippen molar-refractivity contribution in [3.05, 3.63) is 60.3 Å². The third-order valence-electron chi connectivity index (χ3n) is 8.14. The van der Waals surface area contributed by atoms with Gasteiger partial charge in [-0.05, 0) is 91.1 Å². The van der Waals surface area contributed by atoms with Crippen molar-refractivity contribution in [1.29, 1.82) is 0 Å². The summed E-state index contributed by atoms with van der Waals surface area (Å²) in [5, 5.41) is 0. The Balaban J connectivity index is 1.52. The summed E-state index contributed by atoms with van der Waals surface area (Å²) in [6.45, 7) is 11.3. The summed E-state index contributed by atoms with van der Waals surface area (Å²) in [7, 11) is 0. The van der Waals surface area contributed by atoms with Crippen LogP contribution in [-0.2, 0) is 0 Å². The predicted octanol–water partition coefficient (Wildman–Crippen LogP) is 7.69. The minimum atomic E-state index is 0.264. The Hall–Kier alpha value is -0.570. The molecule has 1 fully saturated rings. The molecule has 146 valence electrons. The summed E-state index contributed by atoms with van der Waals surface area (Å²) in [5.41, 5.74) is 3.36. The molecule has 0 radical (unpaired) electrons. The van der Waals surface area contributed by atoms with Gasteiger partial charge in [0.25, 0.3) is 0 Å². The molecule has 0 spiro atoms. The average Bonchev–Trinajstić information content (AvgIpc) is 2.87. The molecule has 0 aromatic rings. The Labute approximate surface area is 180 Å². The summed E-state index contributed by atoms with van der Waals surface area (Å²) in [4.78, 5) is 0.